The Balaban J connectivity index is 1.35. The van der Waals surface area contributed by atoms with Crippen LogP contribution in [0.3, 0.4) is 0 Å². The Labute approximate surface area is 172 Å². The van der Waals surface area contributed by atoms with Crippen molar-refractivity contribution in [2.45, 2.75) is 19.5 Å². The molecule has 2 heterocycles. The van der Waals surface area contributed by atoms with Crippen molar-refractivity contribution in [3.8, 4) is 6.07 Å². The van der Waals surface area contributed by atoms with Crippen molar-refractivity contribution in [2.75, 3.05) is 32.7 Å². The van der Waals surface area contributed by atoms with Crippen LogP contribution in [0, 0.1) is 11.3 Å². The first-order valence-corrected chi connectivity index (χ1v) is 10.2. The molecule has 1 saturated heterocycles. The van der Waals surface area contributed by atoms with Crippen molar-refractivity contribution in [3.05, 3.63) is 83.1 Å². The molecule has 2 aromatic rings. The van der Waals surface area contributed by atoms with Gasteiger partial charge in [0, 0.05) is 52.0 Å². The Morgan fingerprint density at radius 1 is 0.931 bits per heavy atom. The average Bonchev–Trinajstić information content (AvgIpc) is 2.78. The molecular weight excluding hydrogens is 360 g/mol. The molecule has 0 aliphatic carbocycles. The fourth-order valence-corrected chi connectivity index (χ4v) is 4.06. The summed E-state index contributed by atoms with van der Waals surface area (Å²) in [4.78, 5) is 19.2. The molecule has 1 amide bonds. The van der Waals surface area contributed by atoms with Crippen LogP contribution >= 0.6 is 0 Å². The van der Waals surface area contributed by atoms with Crippen LogP contribution in [0.15, 0.2) is 66.4 Å². The number of carbonyl (C=O) groups excluding carboxylic acids is 1. The number of nitriles is 1. The summed E-state index contributed by atoms with van der Waals surface area (Å²) in [7, 11) is 0. The highest BCUT2D eigenvalue weighted by atomic mass is 16.2. The summed E-state index contributed by atoms with van der Waals surface area (Å²) in [5.74, 6) is -0.147. The van der Waals surface area contributed by atoms with Crippen molar-refractivity contribution in [1.29, 1.82) is 5.26 Å². The van der Waals surface area contributed by atoms with Gasteiger partial charge in [-0.15, -0.1) is 0 Å². The molecule has 0 atom stereocenters. The highest BCUT2D eigenvalue weighted by Gasteiger charge is 2.25. The summed E-state index contributed by atoms with van der Waals surface area (Å²) in [6, 6.07) is 20.9. The second-order valence-electron chi connectivity index (χ2n) is 7.70. The molecule has 0 saturated carbocycles. The molecule has 0 spiro atoms. The third-order valence-corrected chi connectivity index (χ3v) is 5.73. The van der Waals surface area contributed by atoms with E-state index < -0.39 is 0 Å². The molecule has 5 nitrogen and oxygen atoms in total. The number of benzene rings is 2. The van der Waals surface area contributed by atoms with E-state index in [4.69, 9.17) is 0 Å². The van der Waals surface area contributed by atoms with E-state index in [9.17, 15) is 10.1 Å². The highest BCUT2D eigenvalue weighted by Crippen LogP contribution is 2.20. The number of amides is 1. The molecule has 2 aliphatic heterocycles. The molecule has 4 rings (SSSR count). The minimum absolute atomic E-state index is 0.147. The van der Waals surface area contributed by atoms with Crippen molar-refractivity contribution >= 4 is 5.91 Å². The molecule has 2 aliphatic rings. The molecule has 0 N–H and O–H groups in total. The van der Waals surface area contributed by atoms with E-state index in [0.29, 0.717) is 13.1 Å². The number of rotatable bonds is 4. The summed E-state index contributed by atoms with van der Waals surface area (Å²) in [6.07, 6.45) is 2.70. The summed E-state index contributed by atoms with van der Waals surface area (Å²) in [5.41, 5.74) is 4.15. The SMILES string of the molecule is N#C/C(=C/N1CCc2ccccc2C1)C(=O)N1CCN(Cc2ccccc2)CC1. The maximum absolute atomic E-state index is 12.9. The van der Waals surface area contributed by atoms with Crippen LogP contribution in [-0.4, -0.2) is 53.3 Å². The van der Waals surface area contributed by atoms with Gasteiger partial charge in [-0.1, -0.05) is 54.6 Å². The quantitative estimate of drug-likeness (QED) is 0.599. The molecule has 1 fully saturated rings. The van der Waals surface area contributed by atoms with Gasteiger partial charge in [-0.3, -0.25) is 9.69 Å². The van der Waals surface area contributed by atoms with Crippen LogP contribution < -0.4 is 0 Å². The lowest BCUT2D eigenvalue weighted by molar-refractivity contribution is -0.128. The van der Waals surface area contributed by atoms with Crippen LogP contribution in [0.2, 0.25) is 0 Å². The zero-order valence-electron chi connectivity index (χ0n) is 16.6. The number of nitrogens with zero attached hydrogens (tertiary/aromatic N) is 4. The molecule has 2 aromatic carbocycles. The minimum atomic E-state index is -0.147. The van der Waals surface area contributed by atoms with E-state index in [-0.39, 0.29) is 11.5 Å². The van der Waals surface area contributed by atoms with E-state index in [0.717, 1.165) is 39.1 Å². The zero-order valence-corrected chi connectivity index (χ0v) is 16.6. The van der Waals surface area contributed by atoms with Crippen molar-refractivity contribution in [3.63, 3.8) is 0 Å². The van der Waals surface area contributed by atoms with Gasteiger partial charge in [0.1, 0.15) is 11.6 Å². The normalized spacial score (nSPS) is 17.6. The van der Waals surface area contributed by atoms with E-state index in [2.05, 4.69) is 58.3 Å². The van der Waals surface area contributed by atoms with Gasteiger partial charge in [-0.2, -0.15) is 5.26 Å². The Morgan fingerprint density at radius 2 is 1.62 bits per heavy atom. The number of hydrogen-bond acceptors (Lipinski definition) is 4. The zero-order chi connectivity index (χ0) is 20.1. The van der Waals surface area contributed by atoms with Gasteiger partial charge in [0.05, 0.1) is 0 Å². The van der Waals surface area contributed by atoms with Crippen LogP contribution in [-0.2, 0) is 24.3 Å². The molecule has 0 bridgehead atoms. The first-order valence-electron chi connectivity index (χ1n) is 10.2. The molecule has 0 radical (unpaired) electrons. The maximum atomic E-state index is 12.9. The summed E-state index contributed by atoms with van der Waals surface area (Å²) >= 11 is 0. The fourth-order valence-electron chi connectivity index (χ4n) is 4.06. The predicted octanol–water partition coefficient (Wildman–Crippen LogP) is 2.80. The van der Waals surface area contributed by atoms with Gasteiger partial charge in [0.25, 0.3) is 5.91 Å². The Bertz CT molecular complexity index is 923. The van der Waals surface area contributed by atoms with Crippen LogP contribution in [0.1, 0.15) is 16.7 Å². The second-order valence-corrected chi connectivity index (χ2v) is 7.70. The number of hydrogen-bond donors (Lipinski definition) is 0. The van der Waals surface area contributed by atoms with Crippen molar-refractivity contribution in [1.82, 2.24) is 14.7 Å². The molecule has 5 heteroatoms. The minimum Gasteiger partial charge on any atom is -0.371 e. The van der Waals surface area contributed by atoms with E-state index in [1.54, 1.807) is 6.20 Å². The van der Waals surface area contributed by atoms with Gasteiger partial charge in [-0.05, 0) is 23.1 Å². The molecule has 0 unspecified atom stereocenters. The smallest absolute Gasteiger partial charge is 0.266 e. The number of fused-ring (bicyclic) bond motifs is 1. The van der Waals surface area contributed by atoms with Gasteiger partial charge < -0.3 is 9.80 Å². The Morgan fingerprint density at radius 3 is 2.34 bits per heavy atom. The van der Waals surface area contributed by atoms with Gasteiger partial charge in [0.2, 0.25) is 0 Å². The monoisotopic (exact) mass is 386 g/mol. The first kappa shape index (κ1) is 19.2. The van der Waals surface area contributed by atoms with Gasteiger partial charge >= 0.3 is 0 Å². The van der Waals surface area contributed by atoms with Crippen molar-refractivity contribution < 1.29 is 4.79 Å². The summed E-state index contributed by atoms with van der Waals surface area (Å²) < 4.78 is 0. The standard InChI is InChI=1S/C24H26N4O/c25-16-23(19-27-11-10-21-8-4-5-9-22(21)18-27)24(29)28-14-12-26(13-15-28)17-20-6-2-1-3-7-20/h1-9,19H,10-15,17-18H2/b23-19-. The van der Waals surface area contributed by atoms with Crippen molar-refractivity contribution in [2.24, 2.45) is 0 Å². The van der Waals surface area contributed by atoms with Gasteiger partial charge in [0.15, 0.2) is 0 Å². The molecule has 29 heavy (non-hydrogen) atoms. The fraction of sp³-hybridized carbons (Fsp3) is 0.333. The lowest BCUT2D eigenvalue weighted by Gasteiger charge is -2.35. The van der Waals surface area contributed by atoms with Gasteiger partial charge in [-0.25, -0.2) is 0 Å². The van der Waals surface area contributed by atoms with Crippen LogP contribution in [0.25, 0.3) is 0 Å². The van der Waals surface area contributed by atoms with E-state index >= 15 is 0 Å². The first-order chi connectivity index (χ1) is 14.2. The Hall–Kier alpha value is -3.10. The Kier molecular flexibility index (Phi) is 5.92. The topological polar surface area (TPSA) is 50.6 Å². The summed E-state index contributed by atoms with van der Waals surface area (Å²) in [6.45, 7) is 5.46. The molecule has 0 aromatic heterocycles. The third kappa shape index (κ3) is 4.67. The van der Waals surface area contributed by atoms with E-state index in [1.165, 1.54) is 16.7 Å². The highest BCUT2D eigenvalue weighted by molar-refractivity contribution is 5.97. The third-order valence-electron chi connectivity index (χ3n) is 5.73. The maximum Gasteiger partial charge on any atom is 0.266 e. The molecule has 148 valence electrons. The number of carbonyl (C=O) groups is 1. The summed E-state index contributed by atoms with van der Waals surface area (Å²) in [5, 5.41) is 9.60. The number of piperazine rings is 1. The predicted molar refractivity (Wildman–Crippen MR) is 113 cm³/mol. The lowest BCUT2D eigenvalue weighted by Crippen LogP contribution is -2.48. The largest absolute Gasteiger partial charge is 0.371 e. The average molecular weight is 386 g/mol. The lowest BCUT2D eigenvalue weighted by atomic mass is 10.00. The second kappa shape index (κ2) is 8.93. The van der Waals surface area contributed by atoms with E-state index in [1.807, 2.05) is 17.0 Å². The van der Waals surface area contributed by atoms with Crippen LogP contribution in [0.4, 0.5) is 0 Å². The van der Waals surface area contributed by atoms with Crippen LogP contribution in [0.5, 0.6) is 0 Å². The molecular formula is C24H26N4O.